The van der Waals surface area contributed by atoms with Gasteiger partial charge in [-0.1, -0.05) is 55.8 Å². The van der Waals surface area contributed by atoms with E-state index in [9.17, 15) is 5.11 Å². The van der Waals surface area contributed by atoms with Gasteiger partial charge in [0.05, 0.1) is 6.10 Å². The number of benzene rings is 1. The lowest BCUT2D eigenvalue weighted by Gasteiger charge is -2.28. The number of rotatable bonds is 7. The lowest BCUT2D eigenvalue weighted by atomic mass is 10.0. The molecule has 0 aromatic heterocycles. The van der Waals surface area contributed by atoms with Crippen LogP contribution in [0.4, 0.5) is 0 Å². The molecule has 100 valence electrons. The highest BCUT2D eigenvalue weighted by Crippen LogP contribution is 2.19. The molecule has 0 aliphatic carbocycles. The van der Waals surface area contributed by atoms with Gasteiger partial charge in [0.1, 0.15) is 0 Å². The molecule has 0 spiro atoms. The maximum atomic E-state index is 10.3. The van der Waals surface area contributed by atoms with Crippen LogP contribution in [0, 0.1) is 0 Å². The lowest BCUT2D eigenvalue weighted by molar-refractivity contribution is 0.0786. The fraction of sp³-hybridized carbons (Fsp3) is 0.500. The van der Waals surface area contributed by atoms with Gasteiger partial charge in [-0.15, -0.1) is 0 Å². The summed E-state index contributed by atoms with van der Waals surface area (Å²) in [5.74, 6) is 0. The van der Waals surface area contributed by atoms with E-state index in [4.69, 9.17) is 0 Å². The Hall–Kier alpha value is -1.12. The summed E-state index contributed by atoms with van der Waals surface area (Å²) >= 11 is 0. The second kappa shape index (κ2) is 8.06. The first kappa shape index (κ1) is 14.9. The van der Waals surface area contributed by atoms with Crippen molar-refractivity contribution >= 4 is 0 Å². The SMILES string of the molecule is CCC/C=C/CN(C)[C@H](C)[C@H](O)c1ccccc1. The quantitative estimate of drug-likeness (QED) is 0.747. The van der Waals surface area contributed by atoms with Crippen molar-refractivity contribution in [3.05, 3.63) is 48.0 Å². The molecule has 0 saturated heterocycles. The van der Waals surface area contributed by atoms with Gasteiger partial charge in [-0.25, -0.2) is 0 Å². The Kier molecular flexibility index (Phi) is 6.69. The third kappa shape index (κ3) is 4.63. The van der Waals surface area contributed by atoms with Crippen LogP contribution in [0.15, 0.2) is 42.5 Å². The molecular formula is C16H25NO. The van der Waals surface area contributed by atoms with E-state index in [0.717, 1.165) is 18.5 Å². The van der Waals surface area contributed by atoms with Crippen molar-refractivity contribution in [3.63, 3.8) is 0 Å². The summed E-state index contributed by atoms with van der Waals surface area (Å²) in [6.07, 6.45) is 6.26. The summed E-state index contributed by atoms with van der Waals surface area (Å²) in [6, 6.07) is 9.96. The van der Waals surface area contributed by atoms with Crippen LogP contribution >= 0.6 is 0 Å². The van der Waals surface area contributed by atoms with Gasteiger partial charge in [0.25, 0.3) is 0 Å². The van der Waals surface area contributed by atoms with Crippen molar-refractivity contribution in [2.24, 2.45) is 0 Å². The first-order valence-electron chi connectivity index (χ1n) is 6.75. The summed E-state index contributed by atoms with van der Waals surface area (Å²) in [5.41, 5.74) is 0.981. The van der Waals surface area contributed by atoms with Gasteiger partial charge in [0, 0.05) is 12.6 Å². The molecule has 2 atom stereocenters. The summed E-state index contributed by atoms with van der Waals surface area (Å²) < 4.78 is 0. The molecular weight excluding hydrogens is 222 g/mol. The molecule has 1 aromatic rings. The van der Waals surface area contributed by atoms with E-state index >= 15 is 0 Å². The standard InChI is InChI=1S/C16H25NO/c1-4-5-6-10-13-17(3)14(2)16(18)15-11-8-7-9-12-15/h6-12,14,16,18H,4-5,13H2,1-3H3/b10-6+/t14-,16+/m1/s1. The van der Waals surface area contributed by atoms with Gasteiger partial charge in [-0.05, 0) is 26.0 Å². The highest BCUT2D eigenvalue weighted by atomic mass is 16.3. The smallest absolute Gasteiger partial charge is 0.0942 e. The summed E-state index contributed by atoms with van der Waals surface area (Å²) in [7, 11) is 2.05. The predicted octanol–water partition coefficient (Wildman–Crippen LogP) is 3.40. The molecule has 0 aliphatic heterocycles. The van der Waals surface area contributed by atoms with E-state index in [2.05, 4.69) is 30.9 Å². The molecule has 0 heterocycles. The highest BCUT2D eigenvalue weighted by molar-refractivity contribution is 5.18. The molecule has 0 radical (unpaired) electrons. The minimum Gasteiger partial charge on any atom is -0.387 e. The van der Waals surface area contributed by atoms with E-state index in [0.29, 0.717) is 0 Å². The fourth-order valence-electron chi connectivity index (χ4n) is 1.86. The first-order chi connectivity index (χ1) is 8.66. The van der Waals surface area contributed by atoms with Crippen molar-refractivity contribution < 1.29 is 5.11 Å². The number of likely N-dealkylation sites (N-methyl/N-ethyl adjacent to an activating group) is 1. The van der Waals surface area contributed by atoms with Crippen molar-refractivity contribution in [1.29, 1.82) is 0 Å². The average Bonchev–Trinajstić information content (AvgIpc) is 2.42. The van der Waals surface area contributed by atoms with Crippen molar-refractivity contribution in [1.82, 2.24) is 4.90 Å². The minimum absolute atomic E-state index is 0.110. The third-order valence-electron chi connectivity index (χ3n) is 3.31. The second-order valence-corrected chi connectivity index (χ2v) is 4.80. The zero-order valence-corrected chi connectivity index (χ0v) is 11.7. The van der Waals surface area contributed by atoms with Crippen LogP contribution in [0.2, 0.25) is 0 Å². The zero-order valence-electron chi connectivity index (χ0n) is 11.7. The Labute approximate surface area is 111 Å². The fourth-order valence-corrected chi connectivity index (χ4v) is 1.86. The van der Waals surface area contributed by atoms with Crippen LogP contribution in [0.25, 0.3) is 0 Å². The molecule has 0 aliphatic rings. The highest BCUT2D eigenvalue weighted by Gasteiger charge is 2.19. The zero-order chi connectivity index (χ0) is 13.4. The summed E-state index contributed by atoms with van der Waals surface area (Å²) in [6.45, 7) is 5.12. The summed E-state index contributed by atoms with van der Waals surface area (Å²) in [4.78, 5) is 2.17. The maximum absolute atomic E-state index is 10.3. The Balaban J connectivity index is 2.50. The van der Waals surface area contributed by atoms with Gasteiger partial charge in [0.2, 0.25) is 0 Å². The van der Waals surface area contributed by atoms with E-state index in [1.54, 1.807) is 0 Å². The van der Waals surface area contributed by atoms with Gasteiger partial charge >= 0.3 is 0 Å². The number of unbranched alkanes of at least 4 members (excludes halogenated alkanes) is 1. The molecule has 0 unspecified atom stereocenters. The van der Waals surface area contributed by atoms with E-state index in [1.807, 2.05) is 37.4 Å². The van der Waals surface area contributed by atoms with E-state index < -0.39 is 6.10 Å². The topological polar surface area (TPSA) is 23.5 Å². The number of nitrogens with zero attached hydrogens (tertiary/aromatic N) is 1. The lowest BCUT2D eigenvalue weighted by Crippen LogP contribution is -2.34. The van der Waals surface area contributed by atoms with Crippen LogP contribution in [0.3, 0.4) is 0 Å². The van der Waals surface area contributed by atoms with Gasteiger partial charge in [-0.2, -0.15) is 0 Å². The Bertz CT molecular complexity index is 347. The monoisotopic (exact) mass is 247 g/mol. The van der Waals surface area contributed by atoms with Crippen LogP contribution in [0.1, 0.15) is 38.4 Å². The Morgan fingerprint density at radius 3 is 2.50 bits per heavy atom. The van der Waals surface area contributed by atoms with Gasteiger partial charge in [0.15, 0.2) is 0 Å². The largest absolute Gasteiger partial charge is 0.387 e. The summed E-state index contributed by atoms with van der Waals surface area (Å²) in [5, 5.41) is 10.3. The van der Waals surface area contributed by atoms with Crippen LogP contribution in [-0.4, -0.2) is 29.6 Å². The molecule has 0 fully saturated rings. The minimum atomic E-state index is -0.434. The van der Waals surface area contributed by atoms with Crippen molar-refractivity contribution in [3.8, 4) is 0 Å². The molecule has 2 heteroatoms. The first-order valence-corrected chi connectivity index (χ1v) is 6.75. The molecule has 0 amide bonds. The van der Waals surface area contributed by atoms with Crippen LogP contribution in [-0.2, 0) is 0 Å². The van der Waals surface area contributed by atoms with Gasteiger partial charge < -0.3 is 5.11 Å². The number of hydrogen-bond donors (Lipinski definition) is 1. The van der Waals surface area contributed by atoms with Crippen molar-refractivity contribution in [2.75, 3.05) is 13.6 Å². The molecule has 2 nitrogen and oxygen atoms in total. The second-order valence-electron chi connectivity index (χ2n) is 4.80. The van der Waals surface area contributed by atoms with E-state index in [1.165, 1.54) is 6.42 Å². The van der Waals surface area contributed by atoms with E-state index in [-0.39, 0.29) is 6.04 Å². The molecule has 1 N–H and O–H groups in total. The normalized spacial score (nSPS) is 15.2. The average molecular weight is 247 g/mol. The van der Waals surface area contributed by atoms with Crippen molar-refractivity contribution in [2.45, 2.75) is 38.8 Å². The van der Waals surface area contributed by atoms with Crippen LogP contribution in [0.5, 0.6) is 0 Å². The molecule has 0 saturated carbocycles. The maximum Gasteiger partial charge on any atom is 0.0942 e. The molecule has 1 aromatic carbocycles. The Morgan fingerprint density at radius 2 is 1.89 bits per heavy atom. The Morgan fingerprint density at radius 1 is 1.22 bits per heavy atom. The van der Waals surface area contributed by atoms with Gasteiger partial charge in [-0.3, -0.25) is 4.90 Å². The van der Waals surface area contributed by atoms with Crippen LogP contribution < -0.4 is 0 Å². The number of hydrogen-bond acceptors (Lipinski definition) is 2. The number of aliphatic hydroxyl groups excluding tert-OH is 1. The molecule has 0 bridgehead atoms. The number of aliphatic hydroxyl groups is 1. The number of allylic oxidation sites excluding steroid dienone is 1. The molecule has 18 heavy (non-hydrogen) atoms. The third-order valence-corrected chi connectivity index (χ3v) is 3.31. The predicted molar refractivity (Wildman–Crippen MR) is 77.5 cm³/mol. The molecule has 1 rings (SSSR count).